The lowest BCUT2D eigenvalue weighted by Crippen LogP contribution is -2.51. The lowest BCUT2D eigenvalue weighted by Gasteiger charge is -2.32. The van der Waals surface area contributed by atoms with E-state index in [1.54, 1.807) is 37.3 Å². The summed E-state index contributed by atoms with van der Waals surface area (Å²) >= 11 is 6.33. The second-order valence-corrected chi connectivity index (χ2v) is 11.0. The molecular formula is C25H34ClN3O6S. The van der Waals surface area contributed by atoms with Crippen LogP contribution in [0.2, 0.25) is 5.02 Å². The lowest BCUT2D eigenvalue weighted by atomic mass is 10.1. The Hall–Kier alpha value is -2.98. The van der Waals surface area contributed by atoms with Gasteiger partial charge in [0.1, 0.15) is 24.1 Å². The summed E-state index contributed by atoms with van der Waals surface area (Å²) in [5, 5.41) is 3.26. The molecular weight excluding hydrogens is 506 g/mol. The molecule has 0 aliphatic carbocycles. The van der Waals surface area contributed by atoms with Gasteiger partial charge in [-0.3, -0.25) is 13.9 Å². The van der Waals surface area contributed by atoms with Crippen LogP contribution in [0.1, 0.15) is 26.3 Å². The fraction of sp³-hybridized carbons (Fsp3) is 0.440. The molecule has 0 bridgehead atoms. The van der Waals surface area contributed by atoms with Crippen LogP contribution in [0.15, 0.2) is 42.5 Å². The minimum atomic E-state index is -3.91. The molecule has 0 aromatic heterocycles. The Kier molecular flexibility index (Phi) is 10.4. The topological polar surface area (TPSA) is 105 Å². The highest BCUT2D eigenvalue weighted by atomic mass is 35.5. The van der Waals surface area contributed by atoms with Crippen LogP contribution in [0.3, 0.4) is 0 Å². The third-order valence-electron chi connectivity index (χ3n) is 5.49. The average molecular weight is 540 g/mol. The number of nitrogens with one attached hydrogen (secondary N) is 1. The first-order valence-corrected chi connectivity index (χ1v) is 13.6. The molecule has 198 valence electrons. The van der Waals surface area contributed by atoms with Crippen LogP contribution >= 0.6 is 11.6 Å². The second-order valence-electron chi connectivity index (χ2n) is 8.74. The molecule has 2 aromatic carbocycles. The summed E-state index contributed by atoms with van der Waals surface area (Å²) in [5.41, 5.74) is 0.799. The zero-order valence-electron chi connectivity index (χ0n) is 21.4. The number of hydrogen-bond donors (Lipinski definition) is 1. The molecule has 2 aromatic rings. The molecule has 0 spiro atoms. The number of sulfonamides is 1. The first-order chi connectivity index (χ1) is 16.9. The Morgan fingerprint density at radius 2 is 1.72 bits per heavy atom. The van der Waals surface area contributed by atoms with Gasteiger partial charge in [0, 0.05) is 24.2 Å². The van der Waals surface area contributed by atoms with Crippen molar-refractivity contribution in [2.24, 2.45) is 5.92 Å². The van der Waals surface area contributed by atoms with Gasteiger partial charge < -0.3 is 19.7 Å². The normalized spacial score (nSPS) is 12.1. The SMILES string of the molecule is COc1ccc(N(CC(=O)N(Cc2ccccc2Cl)[C@H](C)C(=O)NCC(C)C)S(C)(=O)=O)c(OC)c1. The maximum absolute atomic E-state index is 13.6. The van der Waals surface area contributed by atoms with Crippen molar-refractivity contribution in [1.82, 2.24) is 10.2 Å². The number of methoxy groups -OCH3 is 2. The predicted octanol–water partition coefficient (Wildman–Crippen LogP) is 3.31. The fourth-order valence-electron chi connectivity index (χ4n) is 3.43. The number of ether oxygens (including phenoxy) is 2. The van der Waals surface area contributed by atoms with Gasteiger partial charge in [-0.25, -0.2) is 8.42 Å². The van der Waals surface area contributed by atoms with Crippen molar-refractivity contribution in [1.29, 1.82) is 0 Å². The summed E-state index contributed by atoms with van der Waals surface area (Å²) in [6.45, 7) is 5.44. The number of rotatable bonds is 12. The van der Waals surface area contributed by atoms with Crippen molar-refractivity contribution in [3.63, 3.8) is 0 Å². The molecule has 0 saturated heterocycles. The Morgan fingerprint density at radius 3 is 2.28 bits per heavy atom. The van der Waals surface area contributed by atoms with Gasteiger partial charge in [0.25, 0.3) is 0 Å². The van der Waals surface area contributed by atoms with Gasteiger partial charge in [0.05, 0.1) is 26.2 Å². The minimum Gasteiger partial charge on any atom is -0.497 e. The molecule has 0 fully saturated rings. The molecule has 9 nitrogen and oxygen atoms in total. The van der Waals surface area contributed by atoms with Crippen LogP contribution in [0.5, 0.6) is 11.5 Å². The summed E-state index contributed by atoms with van der Waals surface area (Å²) in [6.07, 6.45) is 1.00. The van der Waals surface area contributed by atoms with E-state index in [4.69, 9.17) is 21.1 Å². The number of carbonyl (C=O) groups is 2. The number of benzene rings is 2. The van der Waals surface area contributed by atoms with Crippen molar-refractivity contribution in [3.8, 4) is 11.5 Å². The van der Waals surface area contributed by atoms with E-state index in [0.29, 0.717) is 22.9 Å². The Morgan fingerprint density at radius 1 is 1.06 bits per heavy atom. The van der Waals surface area contributed by atoms with Gasteiger partial charge >= 0.3 is 0 Å². The lowest BCUT2D eigenvalue weighted by molar-refractivity contribution is -0.139. The quantitative estimate of drug-likeness (QED) is 0.443. The molecule has 11 heteroatoms. The second kappa shape index (κ2) is 12.8. The largest absolute Gasteiger partial charge is 0.497 e. The van der Waals surface area contributed by atoms with E-state index in [-0.39, 0.29) is 29.8 Å². The summed E-state index contributed by atoms with van der Waals surface area (Å²) < 4.78 is 37.1. The monoisotopic (exact) mass is 539 g/mol. The number of carbonyl (C=O) groups excluding carboxylic acids is 2. The molecule has 0 unspecified atom stereocenters. The molecule has 0 aliphatic rings. The number of anilines is 1. The molecule has 1 N–H and O–H groups in total. The number of hydrogen-bond acceptors (Lipinski definition) is 6. The average Bonchev–Trinajstić information content (AvgIpc) is 2.83. The Bertz CT molecular complexity index is 1170. The van der Waals surface area contributed by atoms with Gasteiger partial charge in [0.2, 0.25) is 21.8 Å². The van der Waals surface area contributed by atoms with Gasteiger partial charge in [-0.15, -0.1) is 0 Å². The fourth-order valence-corrected chi connectivity index (χ4v) is 4.48. The molecule has 2 amide bonds. The van der Waals surface area contributed by atoms with Crippen molar-refractivity contribution in [2.75, 3.05) is 37.9 Å². The first kappa shape index (κ1) is 29.3. The molecule has 0 aliphatic heterocycles. The summed E-state index contributed by atoms with van der Waals surface area (Å²) in [7, 11) is -1.04. The van der Waals surface area contributed by atoms with Crippen LogP contribution in [0.4, 0.5) is 5.69 Å². The highest BCUT2D eigenvalue weighted by Gasteiger charge is 2.31. The molecule has 1 atom stereocenters. The van der Waals surface area contributed by atoms with E-state index in [1.807, 2.05) is 13.8 Å². The van der Waals surface area contributed by atoms with Gasteiger partial charge in [-0.05, 0) is 36.6 Å². The summed E-state index contributed by atoms with van der Waals surface area (Å²) in [5.74, 6) is -0.0290. The molecule has 0 saturated carbocycles. The summed E-state index contributed by atoms with van der Waals surface area (Å²) in [4.78, 5) is 27.8. The highest BCUT2D eigenvalue weighted by molar-refractivity contribution is 7.92. The zero-order valence-corrected chi connectivity index (χ0v) is 23.0. The van der Waals surface area contributed by atoms with Crippen LogP contribution in [0, 0.1) is 5.92 Å². The molecule has 0 heterocycles. The Balaban J connectivity index is 2.45. The minimum absolute atomic E-state index is 0.0200. The highest BCUT2D eigenvalue weighted by Crippen LogP contribution is 2.33. The van der Waals surface area contributed by atoms with Crippen LogP contribution < -0.4 is 19.1 Å². The molecule has 36 heavy (non-hydrogen) atoms. The van der Waals surface area contributed by atoms with E-state index in [0.717, 1.165) is 10.6 Å². The van der Waals surface area contributed by atoms with Crippen molar-refractivity contribution >= 4 is 39.1 Å². The standard InChI is InChI=1S/C25H34ClN3O6S/c1-17(2)14-27-25(31)18(3)28(15-19-9-7-8-10-21(19)26)24(30)16-29(36(6,32)33)22-12-11-20(34-4)13-23(22)35-5/h7-13,17-18H,14-16H2,1-6H3,(H,27,31)/t18-/m1/s1. The van der Waals surface area contributed by atoms with Crippen LogP contribution in [-0.2, 0) is 26.2 Å². The molecule has 0 radical (unpaired) electrons. The number of amides is 2. The van der Waals surface area contributed by atoms with Gasteiger partial charge in [-0.2, -0.15) is 0 Å². The Labute approximate surface area is 218 Å². The van der Waals surface area contributed by atoms with Crippen molar-refractivity contribution in [2.45, 2.75) is 33.4 Å². The van der Waals surface area contributed by atoms with Crippen molar-refractivity contribution < 1.29 is 27.5 Å². The van der Waals surface area contributed by atoms with E-state index in [9.17, 15) is 18.0 Å². The third-order valence-corrected chi connectivity index (χ3v) is 6.98. The van der Waals surface area contributed by atoms with Crippen LogP contribution in [-0.4, -0.2) is 64.7 Å². The molecule has 2 rings (SSSR count). The smallest absolute Gasteiger partial charge is 0.244 e. The number of halogens is 1. The maximum atomic E-state index is 13.6. The third kappa shape index (κ3) is 7.76. The van der Waals surface area contributed by atoms with Crippen LogP contribution in [0.25, 0.3) is 0 Å². The van der Waals surface area contributed by atoms with Gasteiger partial charge in [-0.1, -0.05) is 43.6 Å². The zero-order chi connectivity index (χ0) is 27.0. The first-order valence-electron chi connectivity index (χ1n) is 11.4. The van der Waals surface area contributed by atoms with Gasteiger partial charge in [0.15, 0.2) is 0 Å². The van der Waals surface area contributed by atoms with Crippen molar-refractivity contribution in [3.05, 3.63) is 53.1 Å². The predicted molar refractivity (Wildman–Crippen MR) is 141 cm³/mol. The van der Waals surface area contributed by atoms with E-state index >= 15 is 0 Å². The van der Waals surface area contributed by atoms with E-state index < -0.39 is 28.5 Å². The van der Waals surface area contributed by atoms with E-state index in [1.165, 1.54) is 31.3 Å². The number of nitrogens with zero attached hydrogens (tertiary/aromatic N) is 2. The maximum Gasteiger partial charge on any atom is 0.244 e. The summed E-state index contributed by atoms with van der Waals surface area (Å²) in [6, 6.07) is 10.7. The van der Waals surface area contributed by atoms with E-state index in [2.05, 4.69) is 5.32 Å².